The molecule has 0 aliphatic heterocycles. The molecule has 1 unspecified atom stereocenters. The average Bonchev–Trinajstić information content (AvgIpc) is 2.36. The van der Waals surface area contributed by atoms with E-state index in [1.807, 2.05) is 0 Å². The zero-order valence-electron chi connectivity index (χ0n) is 9.62. The van der Waals surface area contributed by atoms with E-state index in [1.54, 1.807) is 37.5 Å². The molecule has 0 spiro atoms. The lowest BCUT2D eigenvalue weighted by Crippen LogP contribution is -2.20. The van der Waals surface area contributed by atoms with Gasteiger partial charge in [-0.05, 0) is 42.9 Å². The van der Waals surface area contributed by atoms with Gasteiger partial charge in [0.25, 0.3) is 0 Å². The van der Waals surface area contributed by atoms with Crippen LogP contribution < -0.4 is 5.32 Å². The fourth-order valence-electron chi connectivity index (χ4n) is 1.79. The topological polar surface area (TPSA) is 24.9 Å². The average molecular weight is 285 g/mol. The van der Waals surface area contributed by atoms with Gasteiger partial charge < -0.3 is 5.32 Å². The summed E-state index contributed by atoms with van der Waals surface area (Å²) in [5.74, 6) is -0.382. The molecule has 0 saturated heterocycles. The van der Waals surface area contributed by atoms with Crippen LogP contribution in [0.3, 0.4) is 0 Å². The van der Waals surface area contributed by atoms with Crippen molar-refractivity contribution in [2.75, 3.05) is 7.05 Å². The van der Waals surface area contributed by atoms with Gasteiger partial charge in [-0.3, -0.25) is 4.98 Å². The van der Waals surface area contributed by atoms with Crippen LogP contribution in [0.4, 0.5) is 4.39 Å². The van der Waals surface area contributed by atoms with Gasteiger partial charge in [0.2, 0.25) is 0 Å². The summed E-state index contributed by atoms with van der Waals surface area (Å²) in [5.41, 5.74) is 0.994. The van der Waals surface area contributed by atoms with E-state index in [-0.39, 0.29) is 5.82 Å². The summed E-state index contributed by atoms with van der Waals surface area (Å²) in [6.45, 7) is 0. The molecule has 0 fully saturated rings. The van der Waals surface area contributed by atoms with E-state index in [0.717, 1.165) is 0 Å². The molecular formula is C13H11Cl2FN2. The van der Waals surface area contributed by atoms with Crippen LogP contribution in [-0.4, -0.2) is 12.0 Å². The molecule has 0 saturated carbocycles. The fourth-order valence-corrected chi connectivity index (χ4v) is 2.19. The Hall–Kier alpha value is -1.16. The minimum atomic E-state index is -0.433. The minimum Gasteiger partial charge on any atom is -0.308 e. The highest BCUT2D eigenvalue weighted by Gasteiger charge is 2.20. The standard InChI is InChI=1S/C13H11Cl2FN2/c1-17-12(13-11(16)3-2-6-18-13)9-7-8(14)4-5-10(9)15/h2-7,12,17H,1H3. The zero-order chi connectivity index (χ0) is 13.1. The Morgan fingerprint density at radius 2 is 2.06 bits per heavy atom. The van der Waals surface area contributed by atoms with Crippen molar-refractivity contribution in [2.24, 2.45) is 0 Å². The number of halogens is 3. The van der Waals surface area contributed by atoms with Crippen molar-refractivity contribution in [2.45, 2.75) is 6.04 Å². The molecule has 2 aromatic rings. The molecule has 1 heterocycles. The molecular weight excluding hydrogens is 274 g/mol. The number of hydrogen-bond donors (Lipinski definition) is 1. The third kappa shape index (κ3) is 2.64. The van der Waals surface area contributed by atoms with Gasteiger partial charge in [0.1, 0.15) is 5.82 Å². The van der Waals surface area contributed by atoms with Crippen molar-refractivity contribution in [1.82, 2.24) is 10.3 Å². The fraction of sp³-hybridized carbons (Fsp3) is 0.154. The third-order valence-corrected chi connectivity index (χ3v) is 3.20. The van der Waals surface area contributed by atoms with E-state index >= 15 is 0 Å². The summed E-state index contributed by atoms with van der Waals surface area (Å²) < 4.78 is 13.8. The molecule has 18 heavy (non-hydrogen) atoms. The summed E-state index contributed by atoms with van der Waals surface area (Å²) in [6.07, 6.45) is 1.54. The lowest BCUT2D eigenvalue weighted by Gasteiger charge is -2.18. The van der Waals surface area contributed by atoms with Crippen molar-refractivity contribution in [3.05, 3.63) is 63.6 Å². The van der Waals surface area contributed by atoms with Gasteiger partial charge in [0, 0.05) is 16.2 Å². The predicted octanol–water partition coefficient (Wildman–Crippen LogP) is 3.84. The highest BCUT2D eigenvalue weighted by atomic mass is 35.5. The SMILES string of the molecule is CNC(c1cc(Cl)ccc1Cl)c1ncccc1F. The maximum Gasteiger partial charge on any atom is 0.146 e. The quantitative estimate of drug-likeness (QED) is 0.926. The maximum absolute atomic E-state index is 13.8. The minimum absolute atomic E-state index is 0.296. The molecule has 0 aliphatic carbocycles. The molecule has 2 nitrogen and oxygen atoms in total. The normalized spacial score (nSPS) is 12.4. The van der Waals surface area contributed by atoms with E-state index in [1.165, 1.54) is 6.07 Å². The van der Waals surface area contributed by atoms with Crippen LogP contribution in [-0.2, 0) is 0 Å². The maximum atomic E-state index is 13.8. The second-order valence-corrected chi connectivity index (χ2v) is 4.60. The van der Waals surface area contributed by atoms with E-state index in [0.29, 0.717) is 21.3 Å². The molecule has 1 aromatic carbocycles. The highest BCUT2D eigenvalue weighted by molar-refractivity contribution is 6.33. The Morgan fingerprint density at radius 1 is 1.28 bits per heavy atom. The van der Waals surface area contributed by atoms with Gasteiger partial charge in [-0.25, -0.2) is 4.39 Å². The van der Waals surface area contributed by atoms with Gasteiger partial charge in [-0.1, -0.05) is 23.2 Å². The van der Waals surface area contributed by atoms with Crippen molar-refractivity contribution < 1.29 is 4.39 Å². The predicted molar refractivity (Wildman–Crippen MR) is 71.6 cm³/mol. The number of hydrogen-bond acceptors (Lipinski definition) is 2. The number of pyridine rings is 1. The van der Waals surface area contributed by atoms with Gasteiger partial charge in [-0.2, -0.15) is 0 Å². The molecule has 1 N–H and O–H groups in total. The number of nitrogens with one attached hydrogen (secondary N) is 1. The molecule has 2 rings (SSSR count). The molecule has 0 radical (unpaired) electrons. The van der Waals surface area contributed by atoms with Crippen LogP contribution >= 0.6 is 23.2 Å². The van der Waals surface area contributed by atoms with E-state index in [4.69, 9.17) is 23.2 Å². The second-order valence-electron chi connectivity index (χ2n) is 3.76. The first kappa shape index (κ1) is 13.3. The Bertz CT molecular complexity index is 560. The number of nitrogens with zero attached hydrogens (tertiary/aromatic N) is 1. The van der Waals surface area contributed by atoms with Crippen molar-refractivity contribution in [3.8, 4) is 0 Å². The van der Waals surface area contributed by atoms with Crippen LogP contribution in [0.15, 0.2) is 36.5 Å². The van der Waals surface area contributed by atoms with Crippen molar-refractivity contribution in [1.29, 1.82) is 0 Å². The molecule has 94 valence electrons. The molecule has 1 aromatic heterocycles. The number of aromatic nitrogens is 1. The Balaban J connectivity index is 2.52. The first-order chi connectivity index (χ1) is 8.63. The summed E-state index contributed by atoms with van der Waals surface area (Å²) in [7, 11) is 1.72. The number of benzene rings is 1. The largest absolute Gasteiger partial charge is 0.308 e. The van der Waals surface area contributed by atoms with Crippen LogP contribution in [0, 0.1) is 5.82 Å². The molecule has 1 atom stereocenters. The van der Waals surface area contributed by atoms with Crippen LogP contribution in [0.2, 0.25) is 10.0 Å². The van der Waals surface area contributed by atoms with Crippen molar-refractivity contribution >= 4 is 23.2 Å². The summed E-state index contributed by atoms with van der Waals surface area (Å²) in [6, 6.07) is 7.56. The van der Waals surface area contributed by atoms with Gasteiger partial charge in [0.15, 0.2) is 0 Å². The van der Waals surface area contributed by atoms with Crippen LogP contribution in [0.25, 0.3) is 0 Å². The van der Waals surface area contributed by atoms with E-state index in [2.05, 4.69) is 10.3 Å². The first-order valence-electron chi connectivity index (χ1n) is 5.36. The summed E-state index contributed by atoms with van der Waals surface area (Å²) in [4.78, 5) is 4.06. The summed E-state index contributed by atoms with van der Waals surface area (Å²) >= 11 is 12.1. The zero-order valence-corrected chi connectivity index (χ0v) is 11.1. The lowest BCUT2D eigenvalue weighted by molar-refractivity contribution is 0.560. The third-order valence-electron chi connectivity index (χ3n) is 2.62. The smallest absolute Gasteiger partial charge is 0.146 e. The molecule has 0 aliphatic rings. The Kier molecular flexibility index (Phi) is 4.17. The first-order valence-corrected chi connectivity index (χ1v) is 6.11. The van der Waals surface area contributed by atoms with Crippen molar-refractivity contribution in [3.63, 3.8) is 0 Å². The molecule has 5 heteroatoms. The van der Waals surface area contributed by atoms with Gasteiger partial charge in [0.05, 0.1) is 11.7 Å². The van der Waals surface area contributed by atoms with E-state index < -0.39 is 6.04 Å². The second kappa shape index (κ2) is 5.65. The molecule has 0 amide bonds. The van der Waals surface area contributed by atoms with Gasteiger partial charge >= 0.3 is 0 Å². The highest BCUT2D eigenvalue weighted by Crippen LogP contribution is 2.30. The Labute approximate surface area is 115 Å². The summed E-state index contributed by atoms with van der Waals surface area (Å²) in [5, 5.41) is 4.06. The monoisotopic (exact) mass is 284 g/mol. The van der Waals surface area contributed by atoms with Gasteiger partial charge in [-0.15, -0.1) is 0 Å². The van der Waals surface area contributed by atoms with Crippen LogP contribution in [0.1, 0.15) is 17.3 Å². The lowest BCUT2D eigenvalue weighted by atomic mass is 10.0. The van der Waals surface area contributed by atoms with Crippen LogP contribution in [0.5, 0.6) is 0 Å². The Morgan fingerprint density at radius 3 is 2.72 bits per heavy atom. The molecule has 0 bridgehead atoms. The number of rotatable bonds is 3. The van der Waals surface area contributed by atoms with E-state index in [9.17, 15) is 4.39 Å².